The Hall–Kier alpha value is -2.00. The lowest BCUT2D eigenvalue weighted by atomic mass is 10.0. The smallest absolute Gasteiger partial charge is 0.175 e. The van der Waals surface area contributed by atoms with Crippen LogP contribution in [0.5, 0.6) is 0 Å². The quantitative estimate of drug-likeness (QED) is 0.441. The van der Waals surface area contributed by atoms with Crippen LogP contribution in [-0.4, -0.2) is 18.9 Å². The highest BCUT2D eigenvalue weighted by Gasteiger charge is 2.22. The highest BCUT2D eigenvalue weighted by atomic mass is 16.5. The first-order chi connectivity index (χ1) is 12.6. The fourth-order valence-electron chi connectivity index (χ4n) is 2.98. The fraction of sp³-hybridized carbons (Fsp3) is 0.478. The molecule has 2 atom stereocenters. The van der Waals surface area contributed by atoms with E-state index in [1.165, 1.54) is 11.1 Å². The molecule has 0 aromatic heterocycles. The summed E-state index contributed by atoms with van der Waals surface area (Å²) in [6.45, 7) is 4.16. The van der Waals surface area contributed by atoms with Crippen LogP contribution in [0.15, 0.2) is 70.9 Å². The molecule has 2 aromatic rings. The molecule has 0 fully saturated rings. The Morgan fingerprint density at radius 1 is 0.885 bits per heavy atom. The standard InChI is InChI=1S/C23H32N2O/c1-20(12-10-17-21-13-6-4-7-14-21)24-25-23(2,26-3)19-11-18-22-15-8-5-9-16-22/h4-9,13-16,20H,10-12,17-19H2,1-3H3/b25-24+. The first-order valence-electron chi connectivity index (χ1n) is 9.66. The van der Waals surface area contributed by atoms with Gasteiger partial charge in [-0.2, -0.15) is 10.2 Å². The molecule has 3 heteroatoms. The minimum Gasteiger partial charge on any atom is -0.356 e. The number of benzene rings is 2. The zero-order valence-corrected chi connectivity index (χ0v) is 16.4. The molecule has 0 aliphatic carbocycles. The van der Waals surface area contributed by atoms with E-state index in [2.05, 4.69) is 77.8 Å². The number of aryl methyl sites for hydroxylation is 2. The van der Waals surface area contributed by atoms with Gasteiger partial charge >= 0.3 is 0 Å². The molecule has 2 aromatic carbocycles. The Bertz CT molecular complexity index is 642. The van der Waals surface area contributed by atoms with Gasteiger partial charge in [0.1, 0.15) is 0 Å². The molecular formula is C23H32N2O. The Morgan fingerprint density at radius 3 is 1.96 bits per heavy atom. The van der Waals surface area contributed by atoms with Crippen molar-refractivity contribution >= 4 is 0 Å². The normalized spacial score (nSPS) is 15.0. The van der Waals surface area contributed by atoms with Crippen LogP contribution in [0, 0.1) is 0 Å². The van der Waals surface area contributed by atoms with E-state index in [1.54, 1.807) is 7.11 Å². The molecule has 2 unspecified atom stereocenters. The Morgan fingerprint density at radius 2 is 1.42 bits per heavy atom. The average molecular weight is 353 g/mol. The van der Waals surface area contributed by atoms with E-state index in [4.69, 9.17) is 4.74 Å². The number of azo groups is 1. The molecule has 0 saturated carbocycles. The molecule has 0 heterocycles. The summed E-state index contributed by atoms with van der Waals surface area (Å²) in [5, 5.41) is 9.06. The third-order valence-corrected chi connectivity index (χ3v) is 4.79. The van der Waals surface area contributed by atoms with Crippen molar-refractivity contribution in [3.05, 3.63) is 71.8 Å². The lowest BCUT2D eigenvalue weighted by molar-refractivity contribution is -0.00228. The first-order valence-corrected chi connectivity index (χ1v) is 9.66. The second-order valence-electron chi connectivity index (χ2n) is 7.16. The summed E-state index contributed by atoms with van der Waals surface area (Å²) in [5.41, 5.74) is 2.22. The molecule has 0 spiro atoms. The summed E-state index contributed by atoms with van der Waals surface area (Å²) in [4.78, 5) is 0. The highest BCUT2D eigenvalue weighted by molar-refractivity contribution is 5.15. The molecule has 0 radical (unpaired) electrons. The van der Waals surface area contributed by atoms with Gasteiger partial charge in [-0.25, -0.2) is 0 Å². The number of methoxy groups -OCH3 is 1. The third kappa shape index (κ3) is 7.49. The number of nitrogens with zero attached hydrogens (tertiary/aromatic N) is 2. The fourth-order valence-corrected chi connectivity index (χ4v) is 2.98. The number of hydrogen-bond donors (Lipinski definition) is 0. The molecule has 0 bridgehead atoms. The largest absolute Gasteiger partial charge is 0.356 e. The van der Waals surface area contributed by atoms with Gasteiger partial charge < -0.3 is 4.74 Å². The van der Waals surface area contributed by atoms with Gasteiger partial charge in [0.25, 0.3) is 0 Å². The molecule has 26 heavy (non-hydrogen) atoms. The van der Waals surface area contributed by atoms with E-state index in [1.807, 2.05) is 6.92 Å². The molecule has 0 aliphatic heterocycles. The van der Waals surface area contributed by atoms with E-state index >= 15 is 0 Å². The van der Waals surface area contributed by atoms with Gasteiger partial charge in [0.05, 0.1) is 6.04 Å². The van der Waals surface area contributed by atoms with Crippen LogP contribution in [0.1, 0.15) is 50.7 Å². The van der Waals surface area contributed by atoms with Crippen molar-refractivity contribution < 1.29 is 4.74 Å². The molecule has 0 aliphatic rings. The minimum absolute atomic E-state index is 0.224. The minimum atomic E-state index is -0.525. The maximum atomic E-state index is 5.64. The van der Waals surface area contributed by atoms with Crippen LogP contribution in [-0.2, 0) is 17.6 Å². The average Bonchev–Trinajstić information content (AvgIpc) is 2.68. The van der Waals surface area contributed by atoms with Crippen molar-refractivity contribution in [2.75, 3.05) is 7.11 Å². The van der Waals surface area contributed by atoms with Gasteiger partial charge in [0.15, 0.2) is 5.72 Å². The SMILES string of the molecule is COC(C)(CCCc1ccccc1)/N=N/C(C)CCCc1ccccc1. The van der Waals surface area contributed by atoms with Gasteiger partial charge in [0.2, 0.25) is 0 Å². The molecule has 2 rings (SSSR count). The van der Waals surface area contributed by atoms with Crippen LogP contribution in [0.25, 0.3) is 0 Å². The molecule has 0 N–H and O–H groups in total. The van der Waals surface area contributed by atoms with Gasteiger partial charge in [-0.05, 0) is 63.5 Å². The van der Waals surface area contributed by atoms with E-state index in [9.17, 15) is 0 Å². The van der Waals surface area contributed by atoms with E-state index < -0.39 is 5.72 Å². The summed E-state index contributed by atoms with van der Waals surface area (Å²) in [6, 6.07) is 21.4. The van der Waals surface area contributed by atoms with Crippen molar-refractivity contribution in [1.82, 2.24) is 0 Å². The Kier molecular flexibility index (Phi) is 8.49. The van der Waals surface area contributed by atoms with Crippen molar-refractivity contribution in [3.63, 3.8) is 0 Å². The zero-order chi connectivity index (χ0) is 18.7. The monoisotopic (exact) mass is 352 g/mol. The predicted molar refractivity (Wildman–Crippen MR) is 108 cm³/mol. The second-order valence-corrected chi connectivity index (χ2v) is 7.16. The zero-order valence-electron chi connectivity index (χ0n) is 16.4. The van der Waals surface area contributed by atoms with Crippen LogP contribution < -0.4 is 0 Å². The van der Waals surface area contributed by atoms with Crippen LogP contribution in [0.4, 0.5) is 0 Å². The number of ether oxygens (including phenoxy) is 1. The topological polar surface area (TPSA) is 34.0 Å². The van der Waals surface area contributed by atoms with E-state index in [0.717, 1.165) is 38.5 Å². The number of hydrogen-bond acceptors (Lipinski definition) is 3. The van der Waals surface area contributed by atoms with Gasteiger partial charge in [-0.15, -0.1) is 0 Å². The Balaban J connectivity index is 1.73. The van der Waals surface area contributed by atoms with Crippen molar-refractivity contribution in [2.24, 2.45) is 10.2 Å². The van der Waals surface area contributed by atoms with Crippen molar-refractivity contribution in [1.29, 1.82) is 0 Å². The summed E-state index contributed by atoms with van der Waals surface area (Å²) in [5.74, 6) is 0. The van der Waals surface area contributed by atoms with Gasteiger partial charge in [-0.1, -0.05) is 60.7 Å². The lowest BCUT2D eigenvalue weighted by Crippen LogP contribution is -2.24. The molecule has 0 saturated heterocycles. The van der Waals surface area contributed by atoms with Crippen LogP contribution in [0.3, 0.4) is 0 Å². The molecule has 140 valence electrons. The van der Waals surface area contributed by atoms with Crippen molar-refractivity contribution in [2.45, 2.75) is 64.1 Å². The summed E-state index contributed by atoms with van der Waals surface area (Å²) in [6.07, 6.45) is 6.22. The van der Waals surface area contributed by atoms with Gasteiger partial charge in [-0.3, -0.25) is 0 Å². The molecule has 0 amide bonds. The van der Waals surface area contributed by atoms with Crippen LogP contribution >= 0.6 is 0 Å². The Labute approximate surface area is 158 Å². The summed E-state index contributed by atoms with van der Waals surface area (Å²) >= 11 is 0. The predicted octanol–water partition coefficient (Wildman–Crippen LogP) is 6.24. The molecular weight excluding hydrogens is 320 g/mol. The number of rotatable bonds is 11. The lowest BCUT2D eigenvalue weighted by Gasteiger charge is -2.22. The van der Waals surface area contributed by atoms with E-state index in [-0.39, 0.29) is 6.04 Å². The highest BCUT2D eigenvalue weighted by Crippen LogP contribution is 2.22. The first kappa shape index (κ1) is 20.3. The summed E-state index contributed by atoms with van der Waals surface area (Å²) < 4.78 is 5.64. The van der Waals surface area contributed by atoms with Crippen molar-refractivity contribution in [3.8, 4) is 0 Å². The van der Waals surface area contributed by atoms with Gasteiger partial charge in [0, 0.05) is 7.11 Å². The van der Waals surface area contributed by atoms with E-state index in [0.29, 0.717) is 0 Å². The maximum absolute atomic E-state index is 5.64. The van der Waals surface area contributed by atoms with Crippen LogP contribution in [0.2, 0.25) is 0 Å². The summed E-state index contributed by atoms with van der Waals surface area (Å²) in [7, 11) is 1.72. The molecule has 3 nitrogen and oxygen atoms in total. The third-order valence-electron chi connectivity index (χ3n) is 4.79. The second kappa shape index (κ2) is 10.9. The maximum Gasteiger partial charge on any atom is 0.175 e.